The van der Waals surface area contributed by atoms with Gasteiger partial charge in [-0.2, -0.15) is 4.31 Å². The van der Waals surface area contributed by atoms with Gasteiger partial charge < -0.3 is 10.6 Å². The molecule has 2 aromatic rings. The maximum Gasteiger partial charge on any atom is 0.243 e. The molecular weight excluding hydrogens is 471 g/mol. The molecule has 0 unspecified atom stereocenters. The fourth-order valence-electron chi connectivity index (χ4n) is 4.34. The van der Waals surface area contributed by atoms with Crippen LogP contribution in [-0.2, 0) is 32.5 Å². The number of carbonyl (C=O) groups excluding carboxylic acids is 2. The molecule has 1 aliphatic heterocycles. The predicted molar refractivity (Wildman–Crippen MR) is 118 cm³/mol. The van der Waals surface area contributed by atoms with Crippen molar-refractivity contribution in [2.45, 2.75) is 37.0 Å². The molecule has 2 aliphatic rings. The van der Waals surface area contributed by atoms with Crippen molar-refractivity contribution in [3.05, 3.63) is 58.9 Å². The molecule has 4 rings (SSSR count). The summed E-state index contributed by atoms with van der Waals surface area (Å²) in [4.78, 5) is 24.7. The lowest BCUT2D eigenvalue weighted by molar-refractivity contribution is -0.128. The van der Waals surface area contributed by atoms with Crippen molar-refractivity contribution in [1.82, 2.24) is 9.62 Å². The summed E-state index contributed by atoms with van der Waals surface area (Å²) >= 11 is 0. The van der Waals surface area contributed by atoms with Crippen LogP contribution in [0.5, 0.6) is 0 Å². The molecule has 1 aliphatic carbocycles. The van der Waals surface area contributed by atoms with Gasteiger partial charge in [-0.15, -0.1) is 0 Å². The summed E-state index contributed by atoms with van der Waals surface area (Å²) in [5.41, 5.74) is 1.71. The summed E-state index contributed by atoms with van der Waals surface area (Å²) in [5.74, 6) is -6.35. The van der Waals surface area contributed by atoms with E-state index in [9.17, 15) is 31.2 Å². The average Bonchev–Trinajstić information content (AvgIpc) is 3.31. The van der Waals surface area contributed by atoms with Crippen LogP contribution in [0.3, 0.4) is 0 Å². The molecule has 2 N–H and O–H groups in total. The number of fused-ring (bicyclic) bond motifs is 1. The fraction of sp³-hybridized carbons (Fsp3) is 0.391. The van der Waals surface area contributed by atoms with E-state index in [0.29, 0.717) is 6.07 Å². The van der Waals surface area contributed by atoms with Gasteiger partial charge in [-0.3, -0.25) is 9.59 Å². The monoisotopic (exact) mass is 495 g/mol. The van der Waals surface area contributed by atoms with Gasteiger partial charge in [0.05, 0.1) is 17.1 Å². The van der Waals surface area contributed by atoms with Gasteiger partial charge in [0, 0.05) is 19.0 Å². The number of carbonyl (C=O) groups is 2. The predicted octanol–water partition coefficient (Wildman–Crippen LogP) is 2.75. The van der Waals surface area contributed by atoms with Crippen LogP contribution in [0.2, 0.25) is 0 Å². The molecule has 0 saturated carbocycles. The highest BCUT2D eigenvalue weighted by Gasteiger charge is 2.32. The Morgan fingerprint density at radius 3 is 2.41 bits per heavy atom. The number of rotatable bonds is 6. The van der Waals surface area contributed by atoms with Crippen molar-refractivity contribution in [3.63, 3.8) is 0 Å². The van der Waals surface area contributed by atoms with E-state index in [1.54, 1.807) is 12.1 Å². The molecule has 2 aromatic carbocycles. The Morgan fingerprint density at radius 2 is 1.68 bits per heavy atom. The van der Waals surface area contributed by atoms with E-state index in [-0.39, 0.29) is 30.8 Å². The van der Waals surface area contributed by atoms with E-state index in [0.717, 1.165) is 30.9 Å². The first kappa shape index (κ1) is 24.2. The topological polar surface area (TPSA) is 95.6 Å². The van der Waals surface area contributed by atoms with Gasteiger partial charge in [0.2, 0.25) is 21.8 Å². The van der Waals surface area contributed by atoms with Crippen molar-refractivity contribution < 1.29 is 31.2 Å². The Kier molecular flexibility index (Phi) is 6.94. The molecule has 0 radical (unpaired) electrons. The van der Waals surface area contributed by atoms with Gasteiger partial charge >= 0.3 is 0 Å². The minimum absolute atomic E-state index is 0.170. The summed E-state index contributed by atoms with van der Waals surface area (Å²) in [7, 11) is -3.66. The third kappa shape index (κ3) is 4.95. The molecule has 0 atom stereocenters. The lowest BCUT2D eigenvalue weighted by atomic mass is 9.97. The summed E-state index contributed by atoms with van der Waals surface area (Å²) < 4.78 is 67.3. The second-order valence-electron chi connectivity index (χ2n) is 8.45. The van der Waals surface area contributed by atoms with Crippen molar-refractivity contribution in [2.75, 3.05) is 25.0 Å². The zero-order valence-corrected chi connectivity index (χ0v) is 19.1. The molecule has 0 bridgehead atoms. The zero-order chi connectivity index (χ0) is 24.5. The first-order valence-electron chi connectivity index (χ1n) is 11.0. The van der Waals surface area contributed by atoms with Crippen molar-refractivity contribution >= 4 is 27.5 Å². The zero-order valence-electron chi connectivity index (χ0n) is 18.2. The summed E-state index contributed by atoms with van der Waals surface area (Å²) in [6.07, 6.45) is 3.43. The molecule has 7 nitrogen and oxygen atoms in total. The molecular formula is C23H24F3N3O4S. The number of hydrogen-bond acceptors (Lipinski definition) is 4. The fourth-order valence-corrected chi connectivity index (χ4v) is 5.87. The number of nitrogens with zero attached hydrogens (tertiary/aromatic N) is 1. The Hall–Kier alpha value is -2.92. The van der Waals surface area contributed by atoms with Gasteiger partial charge in [0.1, 0.15) is 0 Å². The average molecular weight is 496 g/mol. The first-order chi connectivity index (χ1) is 16.2. The number of piperidine rings is 1. The van der Waals surface area contributed by atoms with Gasteiger partial charge in [0.15, 0.2) is 17.5 Å². The quantitative estimate of drug-likeness (QED) is 0.603. The standard InChI is InChI=1S/C23H24F3N3O4S/c24-18-6-7-19(22(26)21(18)25)28-20(30)13-27-23(31)15-8-10-29(11-9-15)34(32,33)17-5-4-14-2-1-3-16(14)12-17/h4-7,12,15H,1-3,8-11,13H2,(H,27,31)(H,28,30). The number of hydrogen-bond donors (Lipinski definition) is 2. The van der Waals surface area contributed by atoms with E-state index >= 15 is 0 Å². The van der Waals surface area contributed by atoms with E-state index in [1.807, 2.05) is 6.07 Å². The van der Waals surface area contributed by atoms with E-state index in [2.05, 4.69) is 10.6 Å². The minimum atomic E-state index is -3.66. The molecule has 1 saturated heterocycles. The largest absolute Gasteiger partial charge is 0.347 e. The highest BCUT2D eigenvalue weighted by Crippen LogP contribution is 2.28. The van der Waals surface area contributed by atoms with Crippen LogP contribution in [0.15, 0.2) is 35.2 Å². The number of amides is 2. The van der Waals surface area contributed by atoms with Crippen LogP contribution < -0.4 is 10.6 Å². The Bertz CT molecular complexity index is 1230. The summed E-state index contributed by atoms with van der Waals surface area (Å²) in [6.45, 7) is -0.154. The number of nitrogens with one attached hydrogen (secondary N) is 2. The van der Waals surface area contributed by atoms with Crippen LogP contribution in [-0.4, -0.2) is 44.2 Å². The van der Waals surface area contributed by atoms with Crippen molar-refractivity contribution in [3.8, 4) is 0 Å². The summed E-state index contributed by atoms with van der Waals surface area (Å²) in [6, 6.07) is 6.80. The van der Waals surface area contributed by atoms with Crippen LogP contribution >= 0.6 is 0 Å². The highest BCUT2D eigenvalue weighted by molar-refractivity contribution is 7.89. The SMILES string of the molecule is O=C(CNC(=O)C1CCN(S(=O)(=O)c2ccc3c(c2)CCC3)CC1)Nc1ccc(F)c(F)c1F. The second kappa shape index (κ2) is 9.75. The molecule has 0 spiro atoms. The Morgan fingerprint density at radius 1 is 0.971 bits per heavy atom. The molecule has 2 amide bonds. The number of halogens is 3. The number of anilines is 1. The van der Waals surface area contributed by atoms with Gasteiger partial charge in [-0.1, -0.05) is 6.07 Å². The molecule has 1 heterocycles. The van der Waals surface area contributed by atoms with Crippen LogP contribution in [0.1, 0.15) is 30.4 Å². The maximum absolute atomic E-state index is 13.7. The molecule has 182 valence electrons. The van der Waals surface area contributed by atoms with E-state index in [4.69, 9.17) is 0 Å². The Balaban J connectivity index is 1.28. The van der Waals surface area contributed by atoms with Crippen molar-refractivity contribution in [2.24, 2.45) is 5.92 Å². The minimum Gasteiger partial charge on any atom is -0.347 e. The maximum atomic E-state index is 13.7. The lowest BCUT2D eigenvalue weighted by Crippen LogP contribution is -2.44. The third-order valence-corrected chi connectivity index (χ3v) is 8.16. The van der Waals surface area contributed by atoms with Crippen molar-refractivity contribution in [1.29, 1.82) is 0 Å². The van der Waals surface area contributed by atoms with Crippen LogP contribution in [0, 0.1) is 23.4 Å². The molecule has 11 heteroatoms. The van der Waals surface area contributed by atoms with Gasteiger partial charge in [-0.25, -0.2) is 21.6 Å². The summed E-state index contributed by atoms with van der Waals surface area (Å²) in [5, 5.41) is 4.50. The van der Waals surface area contributed by atoms with E-state index in [1.165, 1.54) is 9.87 Å². The number of benzene rings is 2. The van der Waals surface area contributed by atoms with Crippen LogP contribution in [0.4, 0.5) is 18.9 Å². The lowest BCUT2D eigenvalue weighted by Gasteiger charge is -2.30. The Labute approximate surface area is 195 Å². The third-order valence-electron chi connectivity index (χ3n) is 6.26. The normalized spacial score (nSPS) is 16.8. The molecule has 0 aromatic heterocycles. The van der Waals surface area contributed by atoms with Gasteiger partial charge in [0.25, 0.3) is 0 Å². The first-order valence-corrected chi connectivity index (χ1v) is 12.4. The second-order valence-corrected chi connectivity index (χ2v) is 10.4. The van der Waals surface area contributed by atoms with E-state index < -0.39 is 57.4 Å². The number of aryl methyl sites for hydroxylation is 2. The van der Waals surface area contributed by atoms with Gasteiger partial charge in [-0.05, 0) is 67.5 Å². The highest BCUT2D eigenvalue weighted by atomic mass is 32.2. The molecule has 1 fully saturated rings. The smallest absolute Gasteiger partial charge is 0.243 e. The number of sulfonamides is 1. The molecule has 34 heavy (non-hydrogen) atoms. The van der Waals surface area contributed by atoms with Crippen LogP contribution in [0.25, 0.3) is 0 Å².